The maximum Gasteiger partial charge on any atom is 0.346 e. The summed E-state index contributed by atoms with van der Waals surface area (Å²) >= 11 is 0. The van der Waals surface area contributed by atoms with Crippen LogP contribution < -0.4 is 16.6 Å². The molecule has 0 saturated carbocycles. The minimum Gasteiger partial charge on any atom is -0.481 e. The molecule has 0 fully saturated rings. The van der Waals surface area contributed by atoms with Gasteiger partial charge in [0.1, 0.15) is 0 Å². The van der Waals surface area contributed by atoms with E-state index in [1.165, 1.54) is 14.1 Å². The number of carboxylic acids is 1. The lowest BCUT2D eigenvalue weighted by atomic mass is 10.2. The molecule has 0 aliphatic rings. The molecule has 1 aromatic rings. The number of nitrogens with one attached hydrogen (secondary N) is 1. The van der Waals surface area contributed by atoms with E-state index in [0.717, 1.165) is 22.1 Å². The maximum atomic E-state index is 11.7. The van der Waals surface area contributed by atoms with Gasteiger partial charge in [-0.1, -0.05) is 6.42 Å². The monoisotopic (exact) mass is 270 g/mol. The molecular formula is C11H18N4O4. The fourth-order valence-electron chi connectivity index (χ4n) is 1.59. The van der Waals surface area contributed by atoms with Crippen LogP contribution in [-0.4, -0.2) is 32.0 Å². The Balaban J connectivity index is 2.49. The molecule has 0 bridgehead atoms. The van der Waals surface area contributed by atoms with Crippen molar-refractivity contribution in [1.29, 1.82) is 0 Å². The van der Waals surface area contributed by atoms with E-state index >= 15 is 0 Å². The van der Waals surface area contributed by atoms with Crippen molar-refractivity contribution in [3.63, 3.8) is 0 Å². The molecule has 0 unspecified atom stereocenters. The van der Waals surface area contributed by atoms with Gasteiger partial charge in [-0.25, -0.2) is 9.48 Å². The van der Waals surface area contributed by atoms with E-state index in [0.29, 0.717) is 13.0 Å². The lowest BCUT2D eigenvalue weighted by Crippen LogP contribution is -2.40. The van der Waals surface area contributed by atoms with Crippen LogP contribution in [0.4, 0.5) is 5.82 Å². The van der Waals surface area contributed by atoms with Crippen LogP contribution in [0.3, 0.4) is 0 Å². The zero-order valence-electron chi connectivity index (χ0n) is 11.0. The van der Waals surface area contributed by atoms with Crippen LogP contribution in [0.5, 0.6) is 0 Å². The molecule has 0 amide bonds. The van der Waals surface area contributed by atoms with E-state index in [4.69, 9.17) is 5.11 Å². The Labute approximate surface area is 109 Å². The quantitative estimate of drug-likeness (QED) is 0.649. The molecule has 0 atom stereocenters. The Bertz CT molecular complexity index is 561. The Hall–Kier alpha value is -2.12. The van der Waals surface area contributed by atoms with Crippen molar-refractivity contribution in [3.05, 3.63) is 20.8 Å². The van der Waals surface area contributed by atoms with Gasteiger partial charge >= 0.3 is 11.7 Å². The van der Waals surface area contributed by atoms with Crippen molar-refractivity contribution >= 4 is 11.8 Å². The molecule has 106 valence electrons. The second kappa shape index (κ2) is 6.72. The number of aromatic nitrogens is 3. The Morgan fingerprint density at radius 3 is 2.58 bits per heavy atom. The summed E-state index contributed by atoms with van der Waals surface area (Å²) < 4.78 is 2.08. The average Bonchev–Trinajstić information content (AvgIpc) is 2.36. The third-order valence-electron chi connectivity index (χ3n) is 2.68. The van der Waals surface area contributed by atoms with Crippen LogP contribution >= 0.6 is 0 Å². The third-order valence-corrected chi connectivity index (χ3v) is 2.68. The van der Waals surface area contributed by atoms with Gasteiger partial charge in [0, 0.05) is 27.1 Å². The van der Waals surface area contributed by atoms with E-state index in [1.54, 1.807) is 0 Å². The van der Waals surface area contributed by atoms with Crippen LogP contribution in [0.25, 0.3) is 0 Å². The molecule has 0 aliphatic heterocycles. The number of unbranched alkanes of at least 4 members (excludes halogenated alkanes) is 2. The molecule has 19 heavy (non-hydrogen) atoms. The van der Waals surface area contributed by atoms with E-state index in [-0.39, 0.29) is 12.2 Å². The van der Waals surface area contributed by atoms with Crippen molar-refractivity contribution in [2.75, 3.05) is 11.9 Å². The zero-order chi connectivity index (χ0) is 14.4. The number of rotatable bonds is 7. The maximum absolute atomic E-state index is 11.7. The molecule has 0 saturated heterocycles. The van der Waals surface area contributed by atoms with Gasteiger partial charge in [-0.05, 0) is 12.8 Å². The predicted octanol–water partition coefficient (Wildman–Crippen LogP) is -0.464. The largest absolute Gasteiger partial charge is 0.481 e. The second-order valence-corrected chi connectivity index (χ2v) is 4.25. The van der Waals surface area contributed by atoms with Gasteiger partial charge in [0.15, 0.2) is 0 Å². The van der Waals surface area contributed by atoms with Crippen LogP contribution in [0.15, 0.2) is 9.59 Å². The van der Waals surface area contributed by atoms with Crippen molar-refractivity contribution in [2.24, 2.45) is 14.1 Å². The van der Waals surface area contributed by atoms with Crippen LogP contribution in [-0.2, 0) is 18.9 Å². The minimum absolute atomic E-state index is 0.128. The zero-order valence-corrected chi connectivity index (χ0v) is 11.0. The fourth-order valence-corrected chi connectivity index (χ4v) is 1.59. The standard InChI is InChI=1S/C11H18N4O4/c1-14-10(18)9(13-15(2)11(14)19)12-7-5-3-4-6-8(16)17/h3-7H2,1-2H3,(H,12,13)(H,16,17). The number of hydrogen-bond donors (Lipinski definition) is 2. The van der Waals surface area contributed by atoms with Crippen molar-refractivity contribution < 1.29 is 9.90 Å². The van der Waals surface area contributed by atoms with E-state index < -0.39 is 17.2 Å². The number of aliphatic carboxylic acids is 1. The highest BCUT2D eigenvalue weighted by molar-refractivity contribution is 5.66. The molecular weight excluding hydrogens is 252 g/mol. The molecule has 8 nitrogen and oxygen atoms in total. The van der Waals surface area contributed by atoms with Gasteiger partial charge in [-0.15, -0.1) is 5.10 Å². The van der Waals surface area contributed by atoms with Gasteiger partial charge in [-0.3, -0.25) is 14.2 Å². The summed E-state index contributed by atoms with van der Waals surface area (Å²) in [5.74, 6) is -0.676. The highest BCUT2D eigenvalue weighted by Gasteiger charge is 2.07. The first-order valence-electron chi connectivity index (χ1n) is 6.03. The molecule has 0 aromatic carbocycles. The Kier molecular flexibility index (Phi) is 5.28. The average molecular weight is 270 g/mol. The van der Waals surface area contributed by atoms with Crippen LogP contribution in [0.1, 0.15) is 25.7 Å². The normalized spacial score (nSPS) is 10.4. The summed E-state index contributed by atoms with van der Waals surface area (Å²) in [4.78, 5) is 33.4. The smallest absolute Gasteiger partial charge is 0.346 e. The van der Waals surface area contributed by atoms with Gasteiger partial charge in [0.25, 0.3) is 5.56 Å². The third kappa shape index (κ3) is 4.23. The van der Waals surface area contributed by atoms with E-state index in [9.17, 15) is 14.4 Å². The van der Waals surface area contributed by atoms with Crippen molar-refractivity contribution in [3.8, 4) is 0 Å². The van der Waals surface area contributed by atoms with Crippen LogP contribution in [0, 0.1) is 0 Å². The Morgan fingerprint density at radius 2 is 1.95 bits per heavy atom. The fraction of sp³-hybridized carbons (Fsp3) is 0.636. The topological polar surface area (TPSA) is 106 Å². The van der Waals surface area contributed by atoms with Crippen molar-refractivity contribution in [2.45, 2.75) is 25.7 Å². The highest BCUT2D eigenvalue weighted by Crippen LogP contribution is 2.00. The summed E-state index contributed by atoms with van der Waals surface area (Å²) in [6.45, 7) is 0.514. The number of carboxylic acid groups (broad SMARTS) is 1. The van der Waals surface area contributed by atoms with Crippen LogP contribution in [0.2, 0.25) is 0 Å². The number of carbonyl (C=O) groups is 1. The van der Waals surface area contributed by atoms with Crippen molar-refractivity contribution in [1.82, 2.24) is 14.3 Å². The molecule has 0 radical (unpaired) electrons. The predicted molar refractivity (Wildman–Crippen MR) is 69.3 cm³/mol. The molecule has 1 aromatic heterocycles. The SMILES string of the molecule is Cn1nc(NCCCCCC(=O)O)c(=O)n(C)c1=O. The molecule has 2 N–H and O–H groups in total. The second-order valence-electron chi connectivity index (χ2n) is 4.25. The molecule has 1 heterocycles. The summed E-state index contributed by atoms with van der Waals surface area (Å²) in [5, 5.41) is 15.2. The first kappa shape index (κ1) is 14.9. The highest BCUT2D eigenvalue weighted by atomic mass is 16.4. The lowest BCUT2D eigenvalue weighted by molar-refractivity contribution is -0.137. The minimum atomic E-state index is -0.804. The number of aryl methyl sites for hydroxylation is 1. The van der Waals surface area contributed by atoms with Gasteiger partial charge in [0.2, 0.25) is 5.82 Å². The number of anilines is 1. The summed E-state index contributed by atoms with van der Waals surface area (Å²) in [6.07, 6.45) is 2.25. The molecule has 1 rings (SSSR count). The molecule has 0 spiro atoms. The van der Waals surface area contributed by atoms with Gasteiger partial charge in [0.05, 0.1) is 0 Å². The summed E-state index contributed by atoms with van der Waals surface area (Å²) in [7, 11) is 2.87. The summed E-state index contributed by atoms with van der Waals surface area (Å²) in [5.41, 5.74) is -0.939. The lowest BCUT2D eigenvalue weighted by Gasteiger charge is -2.07. The van der Waals surface area contributed by atoms with E-state index in [2.05, 4.69) is 10.4 Å². The molecule has 0 aliphatic carbocycles. The first-order valence-corrected chi connectivity index (χ1v) is 6.03. The Morgan fingerprint density at radius 1 is 1.26 bits per heavy atom. The molecule has 8 heteroatoms. The first-order chi connectivity index (χ1) is 8.93. The number of nitrogens with zero attached hydrogens (tertiary/aromatic N) is 3. The number of hydrogen-bond acceptors (Lipinski definition) is 5. The van der Waals surface area contributed by atoms with Gasteiger partial charge < -0.3 is 10.4 Å². The summed E-state index contributed by atoms with van der Waals surface area (Å²) in [6, 6.07) is 0. The van der Waals surface area contributed by atoms with E-state index in [1.807, 2.05) is 0 Å². The van der Waals surface area contributed by atoms with Gasteiger partial charge in [-0.2, -0.15) is 0 Å².